The maximum Gasteiger partial charge on any atom is 0.391 e. The van der Waals surface area contributed by atoms with Crippen LogP contribution in [0.4, 0.5) is 13.2 Å². The van der Waals surface area contributed by atoms with Crippen LogP contribution in [0.1, 0.15) is 84.5 Å². The quantitative estimate of drug-likeness (QED) is 0.490. The van der Waals surface area contributed by atoms with Crippen LogP contribution in [0.3, 0.4) is 0 Å². The molecule has 2 amide bonds. The largest absolute Gasteiger partial charge is 0.391 e. The third-order valence-corrected chi connectivity index (χ3v) is 13.4. The number of hydrogen-bond donors (Lipinski definition) is 0. The SMILES string of the molecule is CC(=O)N1C2CCC(C3CCC4C(C3)CC(C(F)(F)F)CC4N3CCCS3(=O)=O)CC2N(C(=O)C2CC2)C[C@@H]1C. The Labute approximate surface area is 236 Å². The predicted molar refractivity (Wildman–Crippen MR) is 143 cm³/mol. The minimum atomic E-state index is -4.32. The molecule has 11 heteroatoms. The summed E-state index contributed by atoms with van der Waals surface area (Å²) in [5, 5.41) is 0. The first-order chi connectivity index (χ1) is 18.8. The molecule has 0 spiro atoms. The summed E-state index contributed by atoms with van der Waals surface area (Å²) < 4.78 is 69.2. The first-order valence-corrected chi connectivity index (χ1v) is 17.1. The molecule has 0 radical (unpaired) electrons. The number of rotatable bonds is 3. The van der Waals surface area contributed by atoms with E-state index in [9.17, 15) is 31.2 Å². The van der Waals surface area contributed by atoms with Gasteiger partial charge in [-0.3, -0.25) is 9.59 Å². The van der Waals surface area contributed by atoms with E-state index in [2.05, 4.69) is 4.90 Å². The number of piperazine rings is 1. The van der Waals surface area contributed by atoms with Crippen LogP contribution in [0.25, 0.3) is 0 Å². The fraction of sp³-hybridized carbons (Fsp3) is 0.931. The van der Waals surface area contributed by atoms with Gasteiger partial charge in [0.15, 0.2) is 0 Å². The molecule has 2 heterocycles. The molecule has 0 bridgehead atoms. The van der Waals surface area contributed by atoms with Crippen molar-refractivity contribution < 1.29 is 31.2 Å². The van der Waals surface area contributed by atoms with Gasteiger partial charge in [0.2, 0.25) is 21.8 Å². The first kappa shape index (κ1) is 28.7. The molecule has 0 aromatic carbocycles. The van der Waals surface area contributed by atoms with Gasteiger partial charge in [-0.05, 0) is 101 Å². The Balaban J connectivity index is 1.21. The van der Waals surface area contributed by atoms with Crippen LogP contribution in [-0.2, 0) is 19.6 Å². The highest BCUT2D eigenvalue weighted by Gasteiger charge is 2.55. The van der Waals surface area contributed by atoms with Crippen molar-refractivity contribution in [1.29, 1.82) is 0 Å². The van der Waals surface area contributed by atoms with Crippen LogP contribution < -0.4 is 0 Å². The second-order valence-corrected chi connectivity index (χ2v) is 15.8. The number of carbonyl (C=O) groups excluding carboxylic acids is 2. The Bertz CT molecular complexity index is 1110. The lowest BCUT2D eigenvalue weighted by molar-refractivity contribution is -0.197. The summed E-state index contributed by atoms with van der Waals surface area (Å²) in [5.41, 5.74) is 0. The van der Waals surface area contributed by atoms with Gasteiger partial charge in [0.05, 0.1) is 23.8 Å². The molecule has 0 N–H and O–H groups in total. The van der Waals surface area contributed by atoms with Crippen LogP contribution in [-0.4, -0.2) is 83.5 Å². The highest BCUT2D eigenvalue weighted by Crippen LogP contribution is 2.54. The molecular weight excluding hydrogens is 543 g/mol. The van der Waals surface area contributed by atoms with Gasteiger partial charge in [-0.1, -0.05) is 0 Å². The number of nitrogens with zero attached hydrogens (tertiary/aromatic N) is 3. The number of halogens is 3. The molecule has 7 nitrogen and oxygen atoms in total. The first-order valence-electron chi connectivity index (χ1n) is 15.5. The van der Waals surface area contributed by atoms with Crippen LogP contribution in [0.15, 0.2) is 0 Å². The Morgan fingerprint density at radius 2 is 1.52 bits per heavy atom. The molecule has 226 valence electrons. The Kier molecular flexibility index (Phi) is 7.49. The smallest absolute Gasteiger partial charge is 0.335 e. The molecule has 4 aliphatic carbocycles. The fourth-order valence-electron chi connectivity index (χ4n) is 9.53. The molecule has 4 saturated carbocycles. The van der Waals surface area contributed by atoms with E-state index < -0.39 is 28.2 Å². The zero-order valence-electron chi connectivity index (χ0n) is 23.7. The highest BCUT2D eigenvalue weighted by atomic mass is 32.2. The number of sulfonamides is 1. The second kappa shape index (κ2) is 10.4. The summed E-state index contributed by atoms with van der Waals surface area (Å²) in [6.07, 6.45) is 2.91. The van der Waals surface area contributed by atoms with Gasteiger partial charge in [0, 0.05) is 38.0 Å². The van der Waals surface area contributed by atoms with E-state index in [0.29, 0.717) is 31.8 Å². The zero-order valence-corrected chi connectivity index (χ0v) is 24.5. The average Bonchev–Trinajstić information content (AvgIpc) is 3.68. The van der Waals surface area contributed by atoms with E-state index in [0.717, 1.165) is 44.9 Å². The lowest BCUT2D eigenvalue weighted by atomic mass is 9.59. The molecule has 40 heavy (non-hydrogen) atoms. The standard InChI is InChI=1S/C29H44F3N3O4S/c1-17-16-33(28(37)19-4-5-19)27-14-21(7-9-25(27)35(17)18(2)36)20-6-8-24-22(12-20)13-23(29(30,31)32)15-26(24)34-10-3-11-40(34,38)39/h17,19-27H,3-16H2,1-2H3/t17-,20?,21?,22?,23?,24?,25?,26?,27?/m0/s1. The number of hydrogen-bond acceptors (Lipinski definition) is 4. The van der Waals surface area contributed by atoms with Crippen LogP contribution in [0, 0.1) is 35.5 Å². The third-order valence-electron chi connectivity index (χ3n) is 11.4. The van der Waals surface area contributed by atoms with Crippen molar-refractivity contribution in [3.05, 3.63) is 0 Å². The lowest BCUT2D eigenvalue weighted by Crippen LogP contribution is -2.67. The summed E-state index contributed by atoms with van der Waals surface area (Å²) in [6.45, 7) is 4.52. The van der Waals surface area contributed by atoms with E-state index in [1.807, 2.05) is 11.8 Å². The summed E-state index contributed by atoms with van der Waals surface area (Å²) in [5.74, 6) is -0.637. The van der Waals surface area contributed by atoms with Crippen molar-refractivity contribution in [1.82, 2.24) is 14.1 Å². The van der Waals surface area contributed by atoms with Crippen molar-refractivity contribution in [2.45, 2.75) is 115 Å². The van der Waals surface area contributed by atoms with Crippen LogP contribution >= 0.6 is 0 Å². The molecule has 2 saturated heterocycles. The molecule has 6 rings (SSSR count). The van der Waals surface area contributed by atoms with Crippen molar-refractivity contribution in [2.24, 2.45) is 35.5 Å². The fourth-order valence-corrected chi connectivity index (χ4v) is 11.3. The van der Waals surface area contributed by atoms with Crippen molar-refractivity contribution in [3.63, 3.8) is 0 Å². The highest BCUT2D eigenvalue weighted by molar-refractivity contribution is 7.89. The zero-order chi connectivity index (χ0) is 28.6. The summed E-state index contributed by atoms with van der Waals surface area (Å²) in [4.78, 5) is 30.0. The molecule has 6 fully saturated rings. The van der Waals surface area contributed by atoms with Gasteiger partial charge in [0.25, 0.3) is 0 Å². The summed E-state index contributed by atoms with van der Waals surface area (Å²) >= 11 is 0. The Morgan fingerprint density at radius 3 is 2.15 bits per heavy atom. The number of carbonyl (C=O) groups is 2. The topological polar surface area (TPSA) is 78.0 Å². The average molecular weight is 588 g/mol. The minimum absolute atomic E-state index is 0.00517. The summed E-state index contributed by atoms with van der Waals surface area (Å²) in [7, 11) is -3.49. The van der Waals surface area contributed by atoms with Gasteiger partial charge < -0.3 is 9.80 Å². The van der Waals surface area contributed by atoms with Gasteiger partial charge >= 0.3 is 6.18 Å². The van der Waals surface area contributed by atoms with Gasteiger partial charge in [-0.15, -0.1) is 0 Å². The Morgan fingerprint density at radius 1 is 0.825 bits per heavy atom. The summed E-state index contributed by atoms with van der Waals surface area (Å²) in [6, 6.07) is -0.592. The molecule has 8 unspecified atom stereocenters. The predicted octanol–water partition coefficient (Wildman–Crippen LogP) is 4.42. The number of alkyl halides is 3. The molecule has 2 aliphatic heterocycles. The van der Waals surface area contributed by atoms with Gasteiger partial charge in [-0.25, -0.2) is 8.42 Å². The van der Waals surface area contributed by atoms with E-state index in [4.69, 9.17) is 0 Å². The van der Waals surface area contributed by atoms with E-state index in [-0.39, 0.29) is 72.2 Å². The van der Waals surface area contributed by atoms with E-state index in [1.54, 1.807) is 6.92 Å². The monoisotopic (exact) mass is 587 g/mol. The van der Waals surface area contributed by atoms with Crippen LogP contribution in [0.2, 0.25) is 0 Å². The van der Waals surface area contributed by atoms with Crippen LogP contribution in [0.5, 0.6) is 0 Å². The minimum Gasteiger partial charge on any atom is -0.335 e. The molecular formula is C29H44F3N3O4S. The normalized spacial score (nSPS) is 42.3. The van der Waals surface area contributed by atoms with Gasteiger partial charge in [-0.2, -0.15) is 17.5 Å². The van der Waals surface area contributed by atoms with Crippen molar-refractivity contribution in [3.8, 4) is 0 Å². The molecule has 0 aromatic rings. The van der Waals surface area contributed by atoms with Crippen molar-refractivity contribution >= 4 is 21.8 Å². The molecule has 9 atom stereocenters. The van der Waals surface area contributed by atoms with E-state index >= 15 is 0 Å². The molecule has 0 aromatic heterocycles. The lowest BCUT2D eigenvalue weighted by Gasteiger charge is -2.56. The third kappa shape index (κ3) is 5.20. The molecule has 6 aliphatic rings. The number of amides is 2. The van der Waals surface area contributed by atoms with Crippen molar-refractivity contribution in [2.75, 3.05) is 18.8 Å². The number of fused-ring (bicyclic) bond motifs is 2. The Hall–Kier alpha value is -1.36. The maximum atomic E-state index is 14.1. The second-order valence-electron chi connectivity index (χ2n) is 13.8. The van der Waals surface area contributed by atoms with E-state index in [1.165, 1.54) is 4.31 Å². The van der Waals surface area contributed by atoms with Gasteiger partial charge in [0.1, 0.15) is 0 Å². The maximum absolute atomic E-state index is 14.1.